The van der Waals surface area contributed by atoms with E-state index in [-0.39, 0.29) is 29.6 Å². The van der Waals surface area contributed by atoms with E-state index >= 15 is 0 Å². The van der Waals surface area contributed by atoms with Crippen LogP contribution in [0.25, 0.3) is 16.6 Å². The molecule has 38 heavy (non-hydrogen) atoms. The minimum Gasteiger partial charge on any atom is -0.503 e. The third-order valence-electron chi connectivity index (χ3n) is 6.31. The number of phenols is 1. The zero-order valence-electron chi connectivity index (χ0n) is 19.9. The Kier molecular flexibility index (Phi) is 6.05. The Bertz CT molecular complexity index is 1660. The van der Waals surface area contributed by atoms with Crippen LogP contribution in [0.5, 0.6) is 5.75 Å². The summed E-state index contributed by atoms with van der Waals surface area (Å²) in [5, 5.41) is 18.1. The lowest BCUT2D eigenvalue weighted by Crippen LogP contribution is -2.48. The van der Waals surface area contributed by atoms with Gasteiger partial charge in [0.15, 0.2) is 17.4 Å². The van der Waals surface area contributed by atoms with Gasteiger partial charge in [0.25, 0.3) is 0 Å². The van der Waals surface area contributed by atoms with Gasteiger partial charge in [-0.15, -0.1) is 0 Å². The lowest BCUT2D eigenvalue weighted by atomic mass is 10.1. The van der Waals surface area contributed by atoms with E-state index in [4.69, 9.17) is 0 Å². The Morgan fingerprint density at radius 1 is 1.03 bits per heavy atom. The maximum Gasteiger partial charge on any atom is 0.419 e. The molecule has 0 bridgehead atoms. The SMILES string of the molecule is Cc1nn(-c2cc(C(F)(F)F)c(F)c(O)c2F)c2cnc(N3CCN(S(=O)(=O)c4cnn(C)c4)CC3)cc12. The van der Waals surface area contributed by atoms with Crippen molar-refractivity contribution in [2.45, 2.75) is 18.0 Å². The van der Waals surface area contributed by atoms with Gasteiger partial charge in [0.1, 0.15) is 16.4 Å². The molecule has 3 aromatic heterocycles. The van der Waals surface area contributed by atoms with E-state index in [0.29, 0.717) is 30.0 Å². The molecule has 1 fully saturated rings. The van der Waals surface area contributed by atoms with Crippen LogP contribution in [-0.4, -0.2) is 68.6 Å². The lowest BCUT2D eigenvalue weighted by Gasteiger charge is -2.34. The van der Waals surface area contributed by atoms with Gasteiger partial charge in [0.2, 0.25) is 10.0 Å². The number of piperazine rings is 1. The molecule has 0 aliphatic carbocycles. The summed E-state index contributed by atoms with van der Waals surface area (Å²) in [4.78, 5) is 6.24. The number of aromatic nitrogens is 5. The maximum absolute atomic E-state index is 14.7. The molecule has 1 saturated heterocycles. The van der Waals surface area contributed by atoms with Gasteiger partial charge >= 0.3 is 6.18 Å². The van der Waals surface area contributed by atoms with Crippen molar-refractivity contribution < 1.29 is 35.5 Å². The first-order chi connectivity index (χ1) is 17.8. The standard InChI is InChI=1S/C22H20F5N7O3S/c1-12-14-7-18(32-3-5-33(6-4-32)38(36,37)13-9-29-31(2)11-13)28-10-17(14)34(30-12)16-8-15(22(25,26)27)19(23)21(35)20(16)24/h7-11,35H,3-6H2,1-2H3. The largest absolute Gasteiger partial charge is 0.503 e. The second-order valence-electron chi connectivity index (χ2n) is 8.72. The van der Waals surface area contributed by atoms with Crippen LogP contribution in [0.2, 0.25) is 0 Å². The molecule has 1 aliphatic rings. The Hall–Kier alpha value is -3.79. The highest BCUT2D eigenvalue weighted by atomic mass is 32.2. The Labute approximate surface area is 212 Å². The number of anilines is 1. The second-order valence-corrected chi connectivity index (χ2v) is 10.7. The molecule has 1 N–H and O–H groups in total. The van der Waals surface area contributed by atoms with Crippen LogP contribution in [0.1, 0.15) is 11.3 Å². The van der Waals surface area contributed by atoms with Gasteiger partial charge in [-0.2, -0.15) is 27.7 Å². The summed E-state index contributed by atoms with van der Waals surface area (Å²) < 4.78 is 97.6. The van der Waals surface area contributed by atoms with Crippen molar-refractivity contribution in [2.24, 2.45) is 7.05 Å². The number of benzene rings is 1. The first-order valence-electron chi connectivity index (χ1n) is 11.2. The number of fused-ring (bicyclic) bond motifs is 1. The summed E-state index contributed by atoms with van der Waals surface area (Å²) in [6, 6.07) is 1.84. The lowest BCUT2D eigenvalue weighted by molar-refractivity contribution is -0.140. The van der Waals surface area contributed by atoms with Gasteiger partial charge in [-0.05, 0) is 19.1 Å². The highest BCUT2D eigenvalue weighted by molar-refractivity contribution is 7.89. The van der Waals surface area contributed by atoms with Crippen LogP contribution in [0.3, 0.4) is 0 Å². The topological polar surface area (TPSA) is 109 Å². The average Bonchev–Trinajstić information content (AvgIpc) is 3.45. The average molecular weight is 558 g/mol. The Morgan fingerprint density at radius 3 is 2.32 bits per heavy atom. The molecule has 0 amide bonds. The predicted molar refractivity (Wildman–Crippen MR) is 124 cm³/mol. The van der Waals surface area contributed by atoms with Gasteiger partial charge in [0, 0.05) is 44.8 Å². The van der Waals surface area contributed by atoms with Crippen LogP contribution in [-0.2, 0) is 23.2 Å². The first kappa shape index (κ1) is 25.8. The van der Waals surface area contributed by atoms with Gasteiger partial charge in [-0.3, -0.25) is 4.68 Å². The van der Waals surface area contributed by atoms with Gasteiger partial charge in [-0.1, -0.05) is 0 Å². The smallest absolute Gasteiger partial charge is 0.419 e. The number of sulfonamides is 1. The number of aryl methyl sites for hydroxylation is 2. The number of halogens is 5. The summed E-state index contributed by atoms with van der Waals surface area (Å²) >= 11 is 0. The molecule has 4 aromatic rings. The molecule has 0 spiro atoms. The van der Waals surface area contributed by atoms with Crippen molar-refractivity contribution in [3.05, 3.63) is 53.6 Å². The summed E-state index contributed by atoms with van der Waals surface area (Å²) in [6.07, 6.45) is -1.21. The van der Waals surface area contributed by atoms with Crippen molar-refractivity contribution in [3.8, 4) is 11.4 Å². The molecule has 1 aromatic carbocycles. The van der Waals surface area contributed by atoms with E-state index < -0.39 is 44.8 Å². The molecule has 0 atom stereocenters. The number of hydrogen-bond donors (Lipinski definition) is 1. The van der Waals surface area contributed by atoms with Gasteiger partial charge in [-0.25, -0.2) is 26.9 Å². The number of alkyl halides is 3. The quantitative estimate of drug-likeness (QED) is 0.385. The maximum atomic E-state index is 14.7. The molecular formula is C22H20F5N7O3S. The van der Waals surface area contributed by atoms with Crippen molar-refractivity contribution in [1.82, 2.24) is 28.9 Å². The van der Waals surface area contributed by atoms with Gasteiger partial charge in [0.05, 0.1) is 29.2 Å². The molecule has 10 nitrogen and oxygen atoms in total. The highest BCUT2D eigenvalue weighted by Gasteiger charge is 2.38. The third-order valence-corrected chi connectivity index (χ3v) is 8.16. The Balaban J connectivity index is 1.45. The molecule has 5 rings (SSSR count). The van der Waals surface area contributed by atoms with Crippen LogP contribution in [0.15, 0.2) is 35.6 Å². The minimum atomic E-state index is -5.18. The van der Waals surface area contributed by atoms with Crippen LogP contribution < -0.4 is 4.90 Å². The fourth-order valence-electron chi connectivity index (χ4n) is 4.32. The molecule has 16 heteroatoms. The highest BCUT2D eigenvalue weighted by Crippen LogP contribution is 2.39. The van der Waals surface area contributed by atoms with E-state index in [1.54, 1.807) is 20.0 Å². The van der Waals surface area contributed by atoms with E-state index in [9.17, 15) is 35.5 Å². The van der Waals surface area contributed by atoms with Crippen molar-refractivity contribution >= 4 is 26.7 Å². The molecular weight excluding hydrogens is 537 g/mol. The number of aromatic hydroxyl groups is 1. The first-order valence-corrected chi connectivity index (χ1v) is 12.6. The molecule has 0 saturated carbocycles. The van der Waals surface area contributed by atoms with E-state index in [1.807, 2.05) is 4.90 Å². The number of hydrogen-bond acceptors (Lipinski definition) is 7. The van der Waals surface area contributed by atoms with E-state index in [1.165, 1.54) is 27.6 Å². The molecule has 0 radical (unpaired) electrons. The van der Waals surface area contributed by atoms with Crippen molar-refractivity contribution in [3.63, 3.8) is 0 Å². The van der Waals surface area contributed by atoms with E-state index in [2.05, 4.69) is 15.2 Å². The molecule has 202 valence electrons. The summed E-state index contributed by atoms with van der Waals surface area (Å²) in [6.45, 7) is 2.51. The van der Waals surface area contributed by atoms with Crippen molar-refractivity contribution in [1.29, 1.82) is 0 Å². The van der Waals surface area contributed by atoms with Crippen LogP contribution >= 0.6 is 0 Å². The van der Waals surface area contributed by atoms with Crippen LogP contribution in [0.4, 0.5) is 27.8 Å². The number of pyridine rings is 1. The molecule has 4 heterocycles. The summed E-state index contributed by atoms with van der Waals surface area (Å²) in [5.74, 6) is -5.02. The number of phenolic OH excluding ortho intramolecular Hbond substituents is 1. The zero-order valence-corrected chi connectivity index (χ0v) is 20.7. The predicted octanol–water partition coefficient (Wildman–Crippen LogP) is 2.98. The number of rotatable bonds is 4. The normalized spacial score (nSPS) is 15.5. The molecule has 0 unspecified atom stereocenters. The zero-order chi connectivity index (χ0) is 27.6. The second kappa shape index (κ2) is 8.90. The third kappa shape index (κ3) is 4.22. The van der Waals surface area contributed by atoms with Gasteiger partial charge < -0.3 is 10.0 Å². The molecule has 1 aliphatic heterocycles. The monoisotopic (exact) mass is 557 g/mol. The minimum absolute atomic E-state index is 0.0868. The van der Waals surface area contributed by atoms with E-state index in [0.717, 1.165) is 4.68 Å². The summed E-state index contributed by atoms with van der Waals surface area (Å²) in [5.41, 5.74) is -2.19. The fourth-order valence-corrected chi connectivity index (χ4v) is 5.73. The van der Waals surface area contributed by atoms with Crippen LogP contribution in [0, 0.1) is 18.6 Å². The Morgan fingerprint density at radius 2 is 1.71 bits per heavy atom. The fraction of sp³-hybridized carbons (Fsp3) is 0.318. The summed E-state index contributed by atoms with van der Waals surface area (Å²) in [7, 11) is -2.10. The van der Waals surface area contributed by atoms with Crippen molar-refractivity contribution in [2.75, 3.05) is 31.1 Å². The number of nitrogens with zero attached hydrogens (tertiary/aromatic N) is 7.